The summed E-state index contributed by atoms with van der Waals surface area (Å²) in [5.41, 5.74) is -0.580. The van der Waals surface area contributed by atoms with Crippen LogP contribution in [0.3, 0.4) is 0 Å². The number of ether oxygens (including phenoxy) is 8. The van der Waals surface area contributed by atoms with Crippen LogP contribution in [0, 0.1) is 5.41 Å². The Labute approximate surface area is 337 Å². The van der Waals surface area contributed by atoms with Gasteiger partial charge in [0.05, 0.1) is 39.1 Å². The number of hydrogen-bond donors (Lipinski definition) is 17. The first-order valence-corrected chi connectivity index (χ1v) is 19.1. The van der Waals surface area contributed by atoms with Crippen LogP contribution in [0.1, 0.15) is 27.2 Å². The largest absolute Gasteiger partial charge is 0.394 e. The van der Waals surface area contributed by atoms with Crippen molar-refractivity contribution in [2.24, 2.45) is 5.41 Å². The fourth-order valence-corrected chi connectivity index (χ4v) is 7.25. The maximum Gasteiger partial charge on any atom is 0.187 e. The molecule has 4 heterocycles. The molecular weight excluding hydrogens is 808 g/mol. The first-order valence-electron chi connectivity index (χ1n) is 19.1. The molecule has 4 fully saturated rings. The fourth-order valence-electron chi connectivity index (χ4n) is 7.25. The molecule has 0 aromatic rings. The number of rotatable bonds is 17. The van der Waals surface area contributed by atoms with E-state index in [9.17, 15) is 86.8 Å². The van der Waals surface area contributed by atoms with E-state index in [4.69, 9.17) is 37.9 Å². The highest BCUT2D eigenvalue weighted by molar-refractivity contribution is 4.98. The predicted octanol–water partition coefficient (Wildman–Crippen LogP) is -9.84. The monoisotopic (exact) mass is 870 g/mol. The molecule has 0 unspecified atom stereocenters. The first-order chi connectivity index (χ1) is 27.6. The van der Waals surface area contributed by atoms with Crippen molar-refractivity contribution in [2.75, 3.05) is 33.0 Å². The molecule has 24 atom stereocenters. The third-order valence-corrected chi connectivity index (χ3v) is 10.6. The normalized spacial score (nSPS) is 45.8. The smallest absolute Gasteiger partial charge is 0.187 e. The van der Waals surface area contributed by atoms with Crippen LogP contribution >= 0.6 is 0 Å². The Morgan fingerprint density at radius 2 is 0.780 bits per heavy atom. The molecule has 59 heavy (non-hydrogen) atoms. The van der Waals surface area contributed by atoms with Crippen molar-refractivity contribution in [2.45, 2.75) is 174 Å². The summed E-state index contributed by atoms with van der Waals surface area (Å²) in [6, 6.07) is 0. The molecular formula is C34H62O25. The van der Waals surface area contributed by atoms with Crippen molar-refractivity contribution in [1.29, 1.82) is 0 Å². The molecule has 4 rings (SSSR count). The Balaban J connectivity index is 1.57. The molecule has 4 aliphatic heterocycles. The number of aliphatic hydroxyl groups excluding tert-OH is 17. The predicted molar refractivity (Wildman–Crippen MR) is 186 cm³/mol. The van der Waals surface area contributed by atoms with Crippen LogP contribution in [0.15, 0.2) is 0 Å². The highest BCUT2D eigenvalue weighted by atomic mass is 16.8. The summed E-state index contributed by atoms with van der Waals surface area (Å²) in [5.74, 6) is 0. The van der Waals surface area contributed by atoms with Gasteiger partial charge in [0.1, 0.15) is 116 Å². The van der Waals surface area contributed by atoms with Crippen molar-refractivity contribution in [3.05, 3.63) is 0 Å². The Morgan fingerprint density at radius 3 is 1.14 bits per heavy atom. The van der Waals surface area contributed by atoms with E-state index < -0.39 is 186 Å². The van der Waals surface area contributed by atoms with Gasteiger partial charge in [0.25, 0.3) is 0 Å². The van der Waals surface area contributed by atoms with Gasteiger partial charge in [0, 0.05) is 0 Å². The second-order valence-electron chi connectivity index (χ2n) is 16.3. The van der Waals surface area contributed by atoms with Crippen LogP contribution in [-0.2, 0) is 37.9 Å². The molecule has 0 bridgehead atoms. The molecule has 0 aromatic heterocycles. The summed E-state index contributed by atoms with van der Waals surface area (Å²) in [6.45, 7) is 0.536. The second-order valence-corrected chi connectivity index (χ2v) is 16.3. The van der Waals surface area contributed by atoms with E-state index in [0.717, 1.165) is 0 Å². The fraction of sp³-hybridized carbons (Fsp3) is 1.00. The van der Waals surface area contributed by atoms with Crippen LogP contribution in [0.25, 0.3) is 0 Å². The highest BCUT2D eigenvalue weighted by Gasteiger charge is 2.56. The maximum atomic E-state index is 11.5. The molecule has 0 radical (unpaired) electrons. The summed E-state index contributed by atoms with van der Waals surface area (Å²) in [7, 11) is 0. The van der Waals surface area contributed by atoms with Crippen LogP contribution < -0.4 is 0 Å². The quantitative estimate of drug-likeness (QED) is 0.0645. The molecule has 17 N–H and O–H groups in total. The third-order valence-electron chi connectivity index (χ3n) is 10.6. The molecule has 0 saturated carbocycles. The van der Waals surface area contributed by atoms with Gasteiger partial charge in [-0.15, -0.1) is 0 Å². The van der Waals surface area contributed by atoms with Gasteiger partial charge in [-0.25, -0.2) is 0 Å². The SMILES string of the molecule is CC(C)(C)C[C@H](O)[C@@H](O[C@@H]1O[C@H](CO)[C@@H](O)[C@H](O[C@@H]2O[C@H](CO)[C@@H](O)[C@H](O[C@@H]3O[C@H](CO)[C@@H](O)[C@H](O[C@@H]4O[C@H](CO)[C@@H](O)[C@H](O)[C@H]4O)[C@H]3O)[C@H]2O)[C@H]1O)[C@H](O)[C@H](O)CO. The zero-order valence-electron chi connectivity index (χ0n) is 32.5. The molecule has 0 aliphatic carbocycles. The van der Waals surface area contributed by atoms with Crippen molar-refractivity contribution in [1.82, 2.24) is 0 Å². The topological polar surface area (TPSA) is 418 Å². The maximum absolute atomic E-state index is 11.5. The van der Waals surface area contributed by atoms with Crippen molar-refractivity contribution < 1.29 is 125 Å². The summed E-state index contributed by atoms with van der Waals surface area (Å²) in [6.07, 6.45) is -45.2. The van der Waals surface area contributed by atoms with Gasteiger partial charge in [-0.1, -0.05) is 20.8 Å². The summed E-state index contributed by atoms with van der Waals surface area (Å²) in [4.78, 5) is 0. The lowest BCUT2D eigenvalue weighted by Crippen LogP contribution is -2.68. The average molecular weight is 871 g/mol. The van der Waals surface area contributed by atoms with E-state index in [-0.39, 0.29) is 6.42 Å². The Hall–Kier alpha value is -1.00. The summed E-state index contributed by atoms with van der Waals surface area (Å²) in [5, 5.41) is 179. The Kier molecular flexibility index (Phi) is 18.5. The zero-order chi connectivity index (χ0) is 44.3. The van der Waals surface area contributed by atoms with E-state index >= 15 is 0 Å². The number of hydrogen-bond acceptors (Lipinski definition) is 25. The number of aliphatic hydroxyl groups is 17. The van der Waals surface area contributed by atoms with Crippen molar-refractivity contribution >= 4 is 0 Å². The van der Waals surface area contributed by atoms with Gasteiger partial charge in [0.2, 0.25) is 0 Å². The third kappa shape index (κ3) is 11.6. The molecule has 0 aromatic carbocycles. The minimum atomic E-state index is -2.18. The van der Waals surface area contributed by atoms with Crippen LogP contribution in [0.5, 0.6) is 0 Å². The van der Waals surface area contributed by atoms with Crippen LogP contribution in [-0.4, -0.2) is 267 Å². The molecule has 25 heteroatoms. The van der Waals surface area contributed by atoms with E-state index in [1.54, 1.807) is 20.8 Å². The van der Waals surface area contributed by atoms with E-state index in [0.29, 0.717) is 0 Å². The van der Waals surface area contributed by atoms with Gasteiger partial charge >= 0.3 is 0 Å². The minimum absolute atomic E-state index is 0.0475. The highest BCUT2D eigenvalue weighted by Crippen LogP contribution is 2.35. The van der Waals surface area contributed by atoms with Crippen molar-refractivity contribution in [3.63, 3.8) is 0 Å². The minimum Gasteiger partial charge on any atom is -0.394 e. The summed E-state index contributed by atoms with van der Waals surface area (Å²) < 4.78 is 44.6. The lowest BCUT2D eigenvalue weighted by atomic mass is 9.85. The van der Waals surface area contributed by atoms with Crippen molar-refractivity contribution in [3.8, 4) is 0 Å². The Morgan fingerprint density at radius 1 is 0.441 bits per heavy atom. The van der Waals surface area contributed by atoms with E-state index in [1.807, 2.05) is 0 Å². The molecule has 25 nitrogen and oxygen atoms in total. The van der Waals surface area contributed by atoms with Crippen LogP contribution in [0.4, 0.5) is 0 Å². The van der Waals surface area contributed by atoms with Gasteiger partial charge in [-0.3, -0.25) is 0 Å². The second kappa shape index (κ2) is 21.6. The van der Waals surface area contributed by atoms with Crippen LogP contribution in [0.2, 0.25) is 0 Å². The lowest BCUT2D eigenvalue weighted by molar-refractivity contribution is -0.392. The molecule has 4 saturated heterocycles. The van der Waals surface area contributed by atoms with E-state index in [2.05, 4.69) is 0 Å². The van der Waals surface area contributed by atoms with Gasteiger partial charge in [-0.05, 0) is 11.8 Å². The van der Waals surface area contributed by atoms with Gasteiger partial charge in [-0.2, -0.15) is 0 Å². The molecule has 0 amide bonds. The average Bonchev–Trinajstić information content (AvgIpc) is 3.19. The van der Waals surface area contributed by atoms with E-state index in [1.165, 1.54) is 0 Å². The molecule has 348 valence electrons. The standard InChI is InChI=1S/C34H62O25/c1-34(2,3)4-10(40)26(16(42)11(41)5-35)56-31-23(49)28(19(45)13(7-37)53-31)58-33-25(51)29(20(46)15(9-39)55-33)59-32-24(50)27(18(44)14(8-38)54-32)57-30-22(48)21(47)17(43)12(6-36)52-30/h10-33,35-51H,4-9H2,1-3H3/t10-,11+,12+,13+,14+,15+,16+,17+,18+,19+,20+,21-,22+,23+,24+,25+,26+,27-,28-,29-,30-,31-,32-,33-/m0/s1. The first kappa shape index (κ1) is 50.6. The lowest BCUT2D eigenvalue weighted by Gasteiger charge is -2.49. The summed E-state index contributed by atoms with van der Waals surface area (Å²) >= 11 is 0. The zero-order valence-corrected chi connectivity index (χ0v) is 32.5. The van der Waals surface area contributed by atoms with Gasteiger partial charge in [0.15, 0.2) is 25.2 Å². The molecule has 0 spiro atoms. The molecule has 4 aliphatic rings. The van der Waals surface area contributed by atoms with Gasteiger partial charge < -0.3 is 125 Å². The Bertz CT molecular complexity index is 1250.